The van der Waals surface area contributed by atoms with E-state index in [-0.39, 0.29) is 17.9 Å². The lowest BCUT2D eigenvalue weighted by Crippen LogP contribution is -2.46. The van der Waals surface area contributed by atoms with Crippen LogP contribution in [-0.4, -0.2) is 12.1 Å². The molecule has 1 saturated heterocycles. The Morgan fingerprint density at radius 1 is 1.00 bits per heavy atom. The lowest BCUT2D eigenvalue weighted by molar-refractivity contribution is 0.246. The monoisotopic (exact) mass is 270 g/mol. The molecule has 0 spiro atoms. The van der Waals surface area contributed by atoms with Crippen LogP contribution in [0.3, 0.4) is 0 Å². The van der Waals surface area contributed by atoms with Crippen molar-refractivity contribution < 1.29 is 9.18 Å². The Balaban J connectivity index is 2.19. The second kappa shape index (κ2) is 4.63. The summed E-state index contributed by atoms with van der Waals surface area (Å²) < 4.78 is 13.2. The topological polar surface area (TPSA) is 41.1 Å². The molecule has 1 fully saturated rings. The number of urea groups is 1. The van der Waals surface area contributed by atoms with Gasteiger partial charge in [0.15, 0.2) is 0 Å². The van der Waals surface area contributed by atoms with Crippen molar-refractivity contribution in [3.63, 3.8) is 0 Å². The maximum Gasteiger partial charge on any atom is 0.316 e. The maximum atomic E-state index is 13.2. The third-order valence-corrected chi connectivity index (χ3v) is 3.84. The van der Waals surface area contributed by atoms with Crippen LogP contribution in [0.15, 0.2) is 54.6 Å². The van der Waals surface area contributed by atoms with Crippen molar-refractivity contribution in [2.45, 2.75) is 18.5 Å². The Hall–Kier alpha value is -2.36. The number of nitrogens with one attached hydrogen (secondary N) is 2. The van der Waals surface area contributed by atoms with Gasteiger partial charge in [-0.15, -0.1) is 0 Å². The van der Waals surface area contributed by atoms with Gasteiger partial charge in [0.2, 0.25) is 0 Å². The number of rotatable bonds is 2. The summed E-state index contributed by atoms with van der Waals surface area (Å²) in [6, 6.07) is 15.6. The average Bonchev–Trinajstić information content (AvgIpc) is 2.76. The Morgan fingerprint density at radius 2 is 1.60 bits per heavy atom. The molecule has 2 aromatic carbocycles. The molecule has 1 aliphatic rings. The minimum absolute atomic E-state index is 0.136. The van der Waals surface area contributed by atoms with Crippen LogP contribution in [0.5, 0.6) is 0 Å². The highest BCUT2D eigenvalue weighted by molar-refractivity contribution is 5.80. The van der Waals surface area contributed by atoms with Gasteiger partial charge < -0.3 is 10.6 Å². The molecule has 2 N–H and O–H groups in total. The number of benzene rings is 2. The molecule has 0 bridgehead atoms. The summed E-state index contributed by atoms with van der Waals surface area (Å²) in [6.07, 6.45) is 0. The molecule has 0 aromatic heterocycles. The van der Waals surface area contributed by atoms with E-state index in [1.807, 2.05) is 37.3 Å². The standard InChI is InChI=1S/C16H15FN2O/c1-11-16(19-15(20)18-11,12-5-3-2-4-6-12)13-7-9-14(17)10-8-13/h2-11H,1H3,(H2,18,19,20)/t11-,16-/m0/s1. The molecule has 2 amide bonds. The molecule has 4 heteroatoms. The van der Waals surface area contributed by atoms with E-state index in [0.29, 0.717) is 0 Å². The van der Waals surface area contributed by atoms with Crippen molar-refractivity contribution in [2.24, 2.45) is 0 Å². The fourth-order valence-corrected chi connectivity index (χ4v) is 2.85. The largest absolute Gasteiger partial charge is 0.333 e. The van der Waals surface area contributed by atoms with E-state index in [1.54, 1.807) is 12.1 Å². The van der Waals surface area contributed by atoms with E-state index in [1.165, 1.54) is 12.1 Å². The zero-order valence-electron chi connectivity index (χ0n) is 11.1. The molecule has 20 heavy (non-hydrogen) atoms. The molecular formula is C16H15FN2O. The van der Waals surface area contributed by atoms with Crippen molar-refractivity contribution in [2.75, 3.05) is 0 Å². The summed E-state index contributed by atoms with van der Waals surface area (Å²) in [5.41, 5.74) is 1.15. The van der Waals surface area contributed by atoms with E-state index in [4.69, 9.17) is 0 Å². The van der Waals surface area contributed by atoms with Crippen LogP contribution in [0.1, 0.15) is 18.1 Å². The smallest absolute Gasteiger partial charge is 0.316 e. The highest BCUT2D eigenvalue weighted by Crippen LogP contribution is 2.35. The molecule has 0 saturated carbocycles. The lowest BCUT2D eigenvalue weighted by atomic mass is 9.78. The highest BCUT2D eigenvalue weighted by atomic mass is 19.1. The molecule has 0 radical (unpaired) electrons. The average molecular weight is 270 g/mol. The van der Waals surface area contributed by atoms with Gasteiger partial charge in [-0.05, 0) is 30.2 Å². The van der Waals surface area contributed by atoms with Gasteiger partial charge in [-0.25, -0.2) is 9.18 Å². The van der Waals surface area contributed by atoms with E-state index in [9.17, 15) is 9.18 Å². The van der Waals surface area contributed by atoms with Gasteiger partial charge in [-0.3, -0.25) is 0 Å². The van der Waals surface area contributed by atoms with E-state index in [0.717, 1.165) is 11.1 Å². The number of carbonyl (C=O) groups excluding carboxylic acids is 1. The quantitative estimate of drug-likeness (QED) is 0.865. The van der Waals surface area contributed by atoms with Crippen molar-refractivity contribution >= 4 is 6.03 Å². The number of carbonyl (C=O) groups is 1. The predicted molar refractivity (Wildman–Crippen MR) is 74.8 cm³/mol. The van der Waals surface area contributed by atoms with Crippen molar-refractivity contribution in [1.29, 1.82) is 0 Å². The molecule has 2 atom stereocenters. The lowest BCUT2D eigenvalue weighted by Gasteiger charge is -2.33. The van der Waals surface area contributed by atoms with E-state index >= 15 is 0 Å². The Morgan fingerprint density at radius 3 is 2.15 bits per heavy atom. The van der Waals surface area contributed by atoms with Gasteiger partial charge >= 0.3 is 6.03 Å². The van der Waals surface area contributed by atoms with Crippen LogP contribution in [0.4, 0.5) is 9.18 Å². The molecule has 2 aromatic rings. The van der Waals surface area contributed by atoms with E-state index in [2.05, 4.69) is 10.6 Å². The Bertz CT molecular complexity index is 627. The first-order valence-electron chi connectivity index (χ1n) is 6.53. The number of halogens is 1. The van der Waals surface area contributed by atoms with Crippen molar-refractivity contribution in [3.05, 3.63) is 71.5 Å². The van der Waals surface area contributed by atoms with Gasteiger partial charge in [0, 0.05) is 0 Å². The van der Waals surface area contributed by atoms with Crippen LogP contribution >= 0.6 is 0 Å². The first kappa shape index (κ1) is 12.7. The van der Waals surface area contributed by atoms with Crippen LogP contribution in [0.2, 0.25) is 0 Å². The molecule has 1 aliphatic heterocycles. The van der Waals surface area contributed by atoms with Gasteiger partial charge in [-0.1, -0.05) is 42.5 Å². The molecule has 102 valence electrons. The summed E-state index contributed by atoms with van der Waals surface area (Å²) in [5.74, 6) is -0.290. The SMILES string of the molecule is C[C@@H]1NC(=O)N[C@@]1(c1ccccc1)c1ccc(F)cc1. The van der Waals surface area contributed by atoms with Crippen LogP contribution in [0.25, 0.3) is 0 Å². The first-order chi connectivity index (χ1) is 9.63. The van der Waals surface area contributed by atoms with Crippen LogP contribution < -0.4 is 10.6 Å². The number of hydrogen-bond acceptors (Lipinski definition) is 1. The Labute approximate surface area is 116 Å². The van der Waals surface area contributed by atoms with E-state index < -0.39 is 5.54 Å². The number of hydrogen-bond donors (Lipinski definition) is 2. The second-order valence-corrected chi connectivity index (χ2v) is 5.00. The third-order valence-electron chi connectivity index (χ3n) is 3.84. The molecule has 0 aliphatic carbocycles. The summed E-state index contributed by atoms with van der Waals surface area (Å²) in [4.78, 5) is 11.8. The highest BCUT2D eigenvalue weighted by Gasteiger charge is 2.46. The maximum absolute atomic E-state index is 13.2. The van der Waals surface area contributed by atoms with Crippen LogP contribution in [-0.2, 0) is 5.54 Å². The molecular weight excluding hydrogens is 255 g/mol. The second-order valence-electron chi connectivity index (χ2n) is 5.00. The molecule has 0 unspecified atom stereocenters. The summed E-state index contributed by atoms with van der Waals surface area (Å²) in [5, 5.41) is 5.87. The zero-order valence-corrected chi connectivity index (χ0v) is 11.1. The fourth-order valence-electron chi connectivity index (χ4n) is 2.85. The zero-order chi connectivity index (χ0) is 14.2. The van der Waals surface area contributed by atoms with Crippen molar-refractivity contribution in [3.8, 4) is 0 Å². The first-order valence-corrected chi connectivity index (χ1v) is 6.53. The molecule has 1 heterocycles. The normalized spacial score (nSPS) is 25.1. The summed E-state index contributed by atoms with van der Waals surface area (Å²) in [6.45, 7) is 1.94. The molecule has 3 rings (SSSR count). The summed E-state index contributed by atoms with van der Waals surface area (Å²) in [7, 11) is 0. The van der Waals surface area contributed by atoms with Gasteiger partial charge in [0.25, 0.3) is 0 Å². The predicted octanol–water partition coefficient (Wildman–Crippen LogP) is 2.77. The summed E-state index contributed by atoms with van der Waals surface area (Å²) >= 11 is 0. The van der Waals surface area contributed by atoms with Gasteiger partial charge in [0.05, 0.1) is 6.04 Å². The van der Waals surface area contributed by atoms with Gasteiger partial charge in [0.1, 0.15) is 11.4 Å². The van der Waals surface area contributed by atoms with Gasteiger partial charge in [-0.2, -0.15) is 0 Å². The van der Waals surface area contributed by atoms with Crippen LogP contribution in [0, 0.1) is 5.82 Å². The van der Waals surface area contributed by atoms with Crippen molar-refractivity contribution in [1.82, 2.24) is 10.6 Å². The minimum Gasteiger partial charge on any atom is -0.333 e. The minimum atomic E-state index is -0.675. The fraction of sp³-hybridized carbons (Fsp3) is 0.188. The third kappa shape index (κ3) is 1.84. The number of amides is 2. The molecule has 3 nitrogen and oxygen atoms in total. The Kier molecular flexibility index (Phi) is 2.93.